The number of anilines is 2. The first-order chi connectivity index (χ1) is 16.5. The maximum atomic E-state index is 12.6. The molecule has 2 heterocycles. The van der Waals surface area contributed by atoms with Gasteiger partial charge in [-0.25, -0.2) is 0 Å². The molecule has 0 saturated heterocycles. The van der Waals surface area contributed by atoms with E-state index in [4.69, 9.17) is 12.2 Å². The predicted octanol–water partition coefficient (Wildman–Crippen LogP) is 4.68. The molecule has 1 fully saturated rings. The van der Waals surface area contributed by atoms with Crippen LogP contribution in [0.4, 0.5) is 11.4 Å². The fraction of sp³-hybridized carbons (Fsp3) is 0.269. The number of H-pyrrole nitrogens is 1. The van der Waals surface area contributed by atoms with Gasteiger partial charge in [0.05, 0.1) is 22.4 Å². The van der Waals surface area contributed by atoms with Crippen LogP contribution in [0.5, 0.6) is 0 Å². The largest absolute Gasteiger partial charge is 0.370 e. The van der Waals surface area contributed by atoms with Crippen molar-refractivity contribution in [2.75, 3.05) is 17.3 Å². The molecule has 2 aromatic heterocycles. The fourth-order valence-corrected chi connectivity index (χ4v) is 5.02. The zero-order valence-electron chi connectivity index (χ0n) is 19.0. The van der Waals surface area contributed by atoms with Crippen molar-refractivity contribution >= 4 is 51.2 Å². The molecule has 2 aromatic carbocycles. The third-order valence-corrected chi connectivity index (χ3v) is 6.82. The summed E-state index contributed by atoms with van der Waals surface area (Å²) in [6.07, 6.45) is 7.86. The van der Waals surface area contributed by atoms with Crippen molar-refractivity contribution in [1.29, 1.82) is 0 Å². The van der Waals surface area contributed by atoms with Gasteiger partial charge in [-0.1, -0.05) is 37.5 Å². The Kier molecular flexibility index (Phi) is 6.06. The summed E-state index contributed by atoms with van der Waals surface area (Å²) in [6.45, 7) is 0. The van der Waals surface area contributed by atoms with Gasteiger partial charge in [0, 0.05) is 24.8 Å². The van der Waals surface area contributed by atoms with Crippen LogP contribution in [0.25, 0.3) is 16.6 Å². The van der Waals surface area contributed by atoms with Crippen molar-refractivity contribution in [2.24, 2.45) is 0 Å². The van der Waals surface area contributed by atoms with Crippen molar-refractivity contribution in [3.63, 3.8) is 0 Å². The molecule has 0 spiro atoms. The van der Waals surface area contributed by atoms with Crippen molar-refractivity contribution in [3.05, 3.63) is 76.7 Å². The highest BCUT2D eigenvalue weighted by molar-refractivity contribution is 7.80. The van der Waals surface area contributed by atoms with E-state index >= 15 is 0 Å². The molecular weight excluding hydrogens is 446 g/mol. The Morgan fingerprint density at radius 2 is 1.82 bits per heavy atom. The quantitative estimate of drug-likeness (QED) is 0.375. The summed E-state index contributed by atoms with van der Waals surface area (Å²) in [5.41, 5.74) is 4.28. The highest BCUT2D eigenvalue weighted by Gasteiger charge is 2.22. The second kappa shape index (κ2) is 9.30. The molecule has 1 amide bonds. The molecule has 1 aliphatic carbocycles. The van der Waals surface area contributed by atoms with Crippen molar-refractivity contribution in [2.45, 2.75) is 38.1 Å². The van der Waals surface area contributed by atoms with Crippen molar-refractivity contribution < 1.29 is 4.79 Å². The molecule has 34 heavy (non-hydrogen) atoms. The summed E-state index contributed by atoms with van der Waals surface area (Å²) >= 11 is 5.49. The molecule has 0 bridgehead atoms. The van der Waals surface area contributed by atoms with E-state index in [-0.39, 0.29) is 16.6 Å². The Hall–Kier alpha value is -3.65. The number of amides is 1. The van der Waals surface area contributed by atoms with E-state index in [0.29, 0.717) is 22.6 Å². The van der Waals surface area contributed by atoms with Crippen LogP contribution in [0, 0.1) is 0 Å². The van der Waals surface area contributed by atoms with Crippen LogP contribution in [0.1, 0.15) is 42.5 Å². The zero-order chi connectivity index (χ0) is 23.7. The minimum Gasteiger partial charge on any atom is -0.370 e. The maximum absolute atomic E-state index is 12.6. The lowest BCUT2D eigenvalue weighted by Gasteiger charge is -2.34. The topological polar surface area (TPSA) is 81.6 Å². The highest BCUT2D eigenvalue weighted by Crippen LogP contribution is 2.34. The molecular formula is C26H27N5O2S. The van der Waals surface area contributed by atoms with Crippen LogP contribution in [0.15, 0.2) is 65.6 Å². The van der Waals surface area contributed by atoms with Crippen LogP contribution in [0.2, 0.25) is 0 Å². The van der Waals surface area contributed by atoms with Crippen molar-refractivity contribution in [3.8, 4) is 0 Å². The van der Waals surface area contributed by atoms with E-state index in [9.17, 15) is 9.59 Å². The molecule has 4 aromatic rings. The normalized spacial score (nSPS) is 14.3. The monoisotopic (exact) mass is 473 g/mol. The van der Waals surface area contributed by atoms with Gasteiger partial charge in [-0.2, -0.15) is 0 Å². The fourth-order valence-electron chi connectivity index (χ4n) is 4.81. The van der Waals surface area contributed by atoms with Crippen LogP contribution >= 0.6 is 12.2 Å². The number of carbonyl (C=O) groups is 1. The summed E-state index contributed by atoms with van der Waals surface area (Å²) in [4.78, 5) is 30.4. The summed E-state index contributed by atoms with van der Waals surface area (Å²) in [7, 11) is 2.10. The molecule has 7 nitrogen and oxygen atoms in total. The summed E-state index contributed by atoms with van der Waals surface area (Å²) < 4.78 is 1.91. The zero-order valence-corrected chi connectivity index (χ0v) is 19.8. The Morgan fingerprint density at radius 3 is 2.59 bits per heavy atom. The third-order valence-electron chi connectivity index (χ3n) is 6.62. The first kappa shape index (κ1) is 22.2. The Bertz CT molecular complexity index is 1420. The first-order valence-electron chi connectivity index (χ1n) is 11.6. The number of thiocarbonyl (C=S) groups is 1. The van der Waals surface area contributed by atoms with Gasteiger partial charge in [-0.3, -0.25) is 14.9 Å². The minimum absolute atomic E-state index is 0.156. The lowest BCUT2D eigenvalue weighted by atomic mass is 9.94. The first-order valence-corrected chi connectivity index (χ1v) is 12.0. The van der Waals surface area contributed by atoms with Gasteiger partial charge >= 0.3 is 0 Å². The lowest BCUT2D eigenvalue weighted by Crippen LogP contribution is -2.36. The molecule has 5 rings (SSSR count). The average molecular weight is 474 g/mol. The number of aromatic nitrogens is 2. The molecule has 174 valence electrons. The molecule has 1 saturated carbocycles. The third kappa shape index (κ3) is 4.28. The van der Waals surface area contributed by atoms with Crippen LogP contribution < -0.4 is 21.1 Å². The van der Waals surface area contributed by atoms with E-state index in [1.54, 1.807) is 12.1 Å². The van der Waals surface area contributed by atoms with Gasteiger partial charge in [-0.15, -0.1) is 0 Å². The van der Waals surface area contributed by atoms with Crippen molar-refractivity contribution in [1.82, 2.24) is 14.7 Å². The number of nitrogens with one attached hydrogen (secondary N) is 3. The molecule has 0 radical (unpaired) electrons. The second-order valence-corrected chi connectivity index (χ2v) is 9.19. The predicted molar refractivity (Wildman–Crippen MR) is 141 cm³/mol. The van der Waals surface area contributed by atoms with Gasteiger partial charge in [-0.05, 0) is 61.5 Å². The standard InChI is InChI=1S/C26H27N5O2S/c1-30(18-11-6-3-7-12-18)22-16-23-20(27-25(33)21-13-8-14-31(21)23)15-19(22)28-26(34)29-24(32)17-9-4-2-5-10-17/h2,4-5,8-10,13-16,18H,3,6-7,11-12H2,1H3,(H,27,33)(H2,28,29,32,34). The van der Waals surface area contributed by atoms with Crippen LogP contribution in [0.3, 0.4) is 0 Å². The minimum atomic E-state index is -0.275. The Morgan fingerprint density at radius 1 is 1.06 bits per heavy atom. The van der Waals surface area contributed by atoms with Gasteiger partial charge in [0.1, 0.15) is 5.52 Å². The smallest absolute Gasteiger partial charge is 0.272 e. The van der Waals surface area contributed by atoms with Crippen LogP contribution in [-0.2, 0) is 0 Å². The SMILES string of the molecule is CN(c1cc2c(cc1NC(=S)NC(=O)c1ccccc1)[nH]c(=O)c1cccn12)C1CCCCC1. The lowest BCUT2D eigenvalue weighted by molar-refractivity contribution is 0.0977. The summed E-state index contributed by atoms with van der Waals surface area (Å²) in [6, 6.07) is 17.0. The van der Waals surface area contributed by atoms with E-state index in [0.717, 1.165) is 29.7 Å². The maximum Gasteiger partial charge on any atom is 0.272 e. The summed E-state index contributed by atoms with van der Waals surface area (Å²) in [5, 5.41) is 6.18. The van der Waals surface area contributed by atoms with Gasteiger partial charge in [0.25, 0.3) is 11.5 Å². The van der Waals surface area contributed by atoms with Gasteiger partial charge in [0.2, 0.25) is 0 Å². The van der Waals surface area contributed by atoms with E-state index in [1.165, 1.54) is 19.3 Å². The molecule has 0 aliphatic heterocycles. The molecule has 0 unspecified atom stereocenters. The number of hydrogen-bond acceptors (Lipinski definition) is 4. The Balaban J connectivity index is 1.53. The number of fused-ring (bicyclic) bond motifs is 3. The highest BCUT2D eigenvalue weighted by atomic mass is 32.1. The van der Waals surface area contributed by atoms with E-state index < -0.39 is 0 Å². The number of hydrogen-bond donors (Lipinski definition) is 3. The second-order valence-electron chi connectivity index (χ2n) is 8.78. The Labute approximate surface area is 202 Å². The number of nitrogens with zero attached hydrogens (tertiary/aromatic N) is 2. The van der Waals surface area contributed by atoms with Gasteiger partial charge < -0.3 is 19.6 Å². The van der Waals surface area contributed by atoms with Gasteiger partial charge in [0.15, 0.2) is 5.11 Å². The van der Waals surface area contributed by atoms with E-state index in [2.05, 4.69) is 33.6 Å². The number of aromatic amines is 1. The molecule has 8 heteroatoms. The molecule has 1 aliphatic rings. The summed E-state index contributed by atoms with van der Waals surface area (Å²) in [5.74, 6) is -0.275. The molecule has 0 atom stereocenters. The number of benzene rings is 2. The molecule has 3 N–H and O–H groups in total. The number of rotatable bonds is 4. The van der Waals surface area contributed by atoms with Crippen LogP contribution in [-0.4, -0.2) is 33.5 Å². The average Bonchev–Trinajstić information content (AvgIpc) is 3.35. The van der Waals surface area contributed by atoms with E-state index in [1.807, 2.05) is 47.0 Å². The number of carbonyl (C=O) groups excluding carboxylic acids is 1.